The van der Waals surface area contributed by atoms with Gasteiger partial charge in [-0.25, -0.2) is 4.79 Å². The molecule has 0 atom stereocenters. The monoisotopic (exact) mass is 387 g/mol. The quantitative estimate of drug-likeness (QED) is 0.640. The van der Waals surface area contributed by atoms with Crippen molar-refractivity contribution in [3.63, 3.8) is 0 Å². The summed E-state index contributed by atoms with van der Waals surface area (Å²) in [5.74, 6) is -0.884. The SMILES string of the molecule is CCN(CC(=O)O)C1CC(NC(=O)NCCc2ccccc2C(F)(F)F)C1. The topological polar surface area (TPSA) is 81.7 Å². The average molecular weight is 387 g/mol. The molecule has 0 heterocycles. The molecule has 1 saturated carbocycles. The number of rotatable bonds is 8. The van der Waals surface area contributed by atoms with Crippen molar-refractivity contribution in [2.24, 2.45) is 0 Å². The lowest BCUT2D eigenvalue weighted by molar-refractivity contribution is -0.140. The van der Waals surface area contributed by atoms with Crippen LogP contribution in [0.15, 0.2) is 24.3 Å². The Morgan fingerprint density at radius 2 is 1.93 bits per heavy atom. The highest BCUT2D eigenvalue weighted by molar-refractivity contribution is 5.74. The summed E-state index contributed by atoms with van der Waals surface area (Å²) in [5, 5.41) is 14.2. The van der Waals surface area contributed by atoms with Crippen LogP contribution < -0.4 is 10.6 Å². The zero-order valence-corrected chi connectivity index (χ0v) is 15.1. The van der Waals surface area contributed by atoms with Crippen LogP contribution in [0.5, 0.6) is 0 Å². The summed E-state index contributed by atoms with van der Waals surface area (Å²) in [6, 6.07) is 4.94. The highest BCUT2D eigenvalue weighted by Crippen LogP contribution is 2.32. The van der Waals surface area contributed by atoms with E-state index in [4.69, 9.17) is 5.11 Å². The van der Waals surface area contributed by atoms with Gasteiger partial charge in [-0.15, -0.1) is 0 Å². The summed E-state index contributed by atoms with van der Waals surface area (Å²) in [4.78, 5) is 24.5. The number of nitrogens with zero attached hydrogens (tertiary/aromatic N) is 1. The van der Waals surface area contributed by atoms with Crippen LogP contribution in [0.4, 0.5) is 18.0 Å². The number of carbonyl (C=O) groups is 2. The summed E-state index contributed by atoms with van der Waals surface area (Å²) >= 11 is 0. The number of alkyl halides is 3. The van der Waals surface area contributed by atoms with E-state index in [1.165, 1.54) is 18.2 Å². The van der Waals surface area contributed by atoms with Crippen LogP contribution >= 0.6 is 0 Å². The number of carboxylic acid groups (broad SMARTS) is 1. The predicted molar refractivity (Wildman–Crippen MR) is 93.4 cm³/mol. The van der Waals surface area contributed by atoms with E-state index in [1.807, 2.05) is 11.8 Å². The number of nitrogens with one attached hydrogen (secondary N) is 2. The van der Waals surface area contributed by atoms with Gasteiger partial charge < -0.3 is 15.7 Å². The zero-order chi connectivity index (χ0) is 20.0. The minimum Gasteiger partial charge on any atom is -0.480 e. The molecule has 2 amide bonds. The molecule has 1 aromatic carbocycles. The molecule has 1 aliphatic rings. The van der Waals surface area contributed by atoms with Crippen molar-refractivity contribution in [2.75, 3.05) is 19.6 Å². The Balaban J connectivity index is 1.72. The maximum Gasteiger partial charge on any atom is 0.416 e. The second-order valence-electron chi connectivity index (χ2n) is 6.58. The van der Waals surface area contributed by atoms with E-state index in [-0.39, 0.29) is 37.2 Å². The number of hydrogen-bond acceptors (Lipinski definition) is 3. The standard InChI is InChI=1S/C18H24F3N3O3/c1-2-24(11-16(25)26)14-9-13(10-14)23-17(27)22-8-7-12-5-3-4-6-15(12)18(19,20)21/h3-6,13-14H,2,7-11H2,1H3,(H,25,26)(H2,22,23,27). The number of carbonyl (C=O) groups excluding carboxylic acids is 1. The first kappa shape index (κ1) is 21.0. The van der Waals surface area contributed by atoms with E-state index in [2.05, 4.69) is 10.6 Å². The van der Waals surface area contributed by atoms with E-state index in [0.717, 1.165) is 6.07 Å². The van der Waals surface area contributed by atoms with Gasteiger partial charge in [0.05, 0.1) is 12.1 Å². The number of aliphatic carboxylic acids is 1. The minimum atomic E-state index is -4.42. The van der Waals surface area contributed by atoms with Crippen molar-refractivity contribution in [1.29, 1.82) is 0 Å². The lowest BCUT2D eigenvalue weighted by atomic mass is 9.85. The second kappa shape index (κ2) is 9.07. The van der Waals surface area contributed by atoms with Gasteiger partial charge in [-0.2, -0.15) is 13.2 Å². The Morgan fingerprint density at radius 1 is 1.26 bits per heavy atom. The molecule has 1 aromatic rings. The van der Waals surface area contributed by atoms with Crippen molar-refractivity contribution in [2.45, 2.75) is 44.4 Å². The number of carboxylic acids is 1. The molecule has 0 radical (unpaired) electrons. The molecule has 1 fully saturated rings. The molecule has 0 unspecified atom stereocenters. The molecule has 2 rings (SSSR count). The van der Waals surface area contributed by atoms with Gasteiger partial charge in [0.15, 0.2) is 0 Å². The highest BCUT2D eigenvalue weighted by atomic mass is 19.4. The summed E-state index contributed by atoms with van der Waals surface area (Å²) < 4.78 is 38.8. The lowest BCUT2D eigenvalue weighted by Gasteiger charge is -2.42. The molecule has 0 aromatic heterocycles. The smallest absolute Gasteiger partial charge is 0.416 e. The molecule has 3 N–H and O–H groups in total. The van der Waals surface area contributed by atoms with E-state index >= 15 is 0 Å². The van der Waals surface area contributed by atoms with E-state index < -0.39 is 23.7 Å². The third-order valence-corrected chi connectivity index (χ3v) is 4.71. The van der Waals surface area contributed by atoms with Gasteiger partial charge in [0.1, 0.15) is 0 Å². The lowest BCUT2D eigenvalue weighted by Crippen LogP contribution is -2.56. The van der Waals surface area contributed by atoms with Crippen molar-refractivity contribution >= 4 is 12.0 Å². The van der Waals surface area contributed by atoms with Crippen molar-refractivity contribution in [1.82, 2.24) is 15.5 Å². The van der Waals surface area contributed by atoms with Gasteiger partial charge in [-0.1, -0.05) is 25.1 Å². The van der Waals surface area contributed by atoms with Gasteiger partial charge in [0, 0.05) is 18.6 Å². The van der Waals surface area contributed by atoms with E-state index in [0.29, 0.717) is 19.4 Å². The Morgan fingerprint density at radius 3 is 2.52 bits per heavy atom. The first-order valence-electron chi connectivity index (χ1n) is 8.86. The maximum absolute atomic E-state index is 12.9. The molecule has 6 nitrogen and oxygen atoms in total. The summed E-state index contributed by atoms with van der Waals surface area (Å²) in [6.07, 6.45) is -3.02. The zero-order valence-electron chi connectivity index (χ0n) is 15.1. The fourth-order valence-electron chi connectivity index (χ4n) is 3.24. The summed E-state index contributed by atoms with van der Waals surface area (Å²) in [6.45, 7) is 2.57. The van der Waals surface area contributed by atoms with Crippen LogP contribution in [-0.2, 0) is 17.4 Å². The largest absolute Gasteiger partial charge is 0.480 e. The molecule has 0 saturated heterocycles. The van der Waals surface area contributed by atoms with Crippen LogP contribution in [0.1, 0.15) is 30.9 Å². The maximum atomic E-state index is 12.9. The highest BCUT2D eigenvalue weighted by Gasteiger charge is 2.35. The Hall–Kier alpha value is -2.29. The van der Waals surface area contributed by atoms with Crippen LogP contribution in [0, 0.1) is 0 Å². The van der Waals surface area contributed by atoms with Crippen LogP contribution in [0.2, 0.25) is 0 Å². The number of hydrogen-bond donors (Lipinski definition) is 3. The fraction of sp³-hybridized carbons (Fsp3) is 0.556. The van der Waals surface area contributed by atoms with Gasteiger partial charge >= 0.3 is 18.2 Å². The molecule has 1 aliphatic carbocycles. The predicted octanol–water partition coefficient (Wildman–Crippen LogP) is 2.48. The Labute approximate surface area is 155 Å². The third-order valence-electron chi connectivity index (χ3n) is 4.71. The number of urea groups is 1. The first-order chi connectivity index (χ1) is 12.7. The molecule has 0 aliphatic heterocycles. The Bertz CT molecular complexity index is 661. The van der Waals surface area contributed by atoms with E-state index in [9.17, 15) is 22.8 Å². The molecule has 0 bridgehead atoms. The first-order valence-corrected chi connectivity index (χ1v) is 8.86. The molecule has 0 spiro atoms. The number of likely N-dealkylation sites (N-methyl/N-ethyl adjacent to an activating group) is 1. The minimum absolute atomic E-state index is 0.0291. The van der Waals surface area contributed by atoms with Gasteiger partial charge in [-0.3, -0.25) is 9.69 Å². The molecule has 150 valence electrons. The normalized spacial score (nSPS) is 19.4. The summed E-state index contributed by atoms with van der Waals surface area (Å²) in [7, 11) is 0. The van der Waals surface area contributed by atoms with Crippen molar-refractivity contribution in [3.8, 4) is 0 Å². The fourth-order valence-corrected chi connectivity index (χ4v) is 3.24. The van der Waals surface area contributed by atoms with Gasteiger partial charge in [-0.05, 0) is 37.4 Å². The van der Waals surface area contributed by atoms with E-state index in [1.54, 1.807) is 0 Å². The molecular weight excluding hydrogens is 363 g/mol. The van der Waals surface area contributed by atoms with Crippen LogP contribution in [0.25, 0.3) is 0 Å². The van der Waals surface area contributed by atoms with Crippen molar-refractivity contribution < 1.29 is 27.9 Å². The van der Waals surface area contributed by atoms with Gasteiger partial charge in [0.25, 0.3) is 0 Å². The van der Waals surface area contributed by atoms with Crippen molar-refractivity contribution in [3.05, 3.63) is 35.4 Å². The number of benzene rings is 1. The second-order valence-corrected chi connectivity index (χ2v) is 6.58. The average Bonchev–Trinajstić information content (AvgIpc) is 2.55. The van der Waals surface area contributed by atoms with Crippen LogP contribution in [-0.4, -0.2) is 53.7 Å². The molecule has 9 heteroatoms. The number of amides is 2. The Kier molecular flexibility index (Phi) is 7.06. The summed E-state index contributed by atoms with van der Waals surface area (Å²) in [5.41, 5.74) is -0.548. The third kappa shape index (κ3) is 6.13. The van der Waals surface area contributed by atoms with Crippen LogP contribution in [0.3, 0.4) is 0 Å². The molecular formula is C18H24F3N3O3. The number of halogens is 3. The van der Waals surface area contributed by atoms with Gasteiger partial charge in [0.2, 0.25) is 0 Å². The molecule has 27 heavy (non-hydrogen) atoms.